The van der Waals surface area contributed by atoms with E-state index in [2.05, 4.69) is 30.4 Å². The standard InChI is InChI=1S/C20H25NOS/c1-5-11-19(18-15-10-9-12-16(18)2)21-23(22)20(3,4)17-13-7-6-8-14-17/h5-10,12-15,19,21H,1,11H2,2-4H3. The van der Waals surface area contributed by atoms with Gasteiger partial charge in [-0.25, -0.2) is 8.93 Å². The molecule has 0 saturated carbocycles. The van der Waals surface area contributed by atoms with E-state index in [-0.39, 0.29) is 6.04 Å². The van der Waals surface area contributed by atoms with E-state index in [1.807, 2.05) is 62.4 Å². The molecule has 0 spiro atoms. The van der Waals surface area contributed by atoms with Crippen LogP contribution in [0.5, 0.6) is 0 Å². The lowest BCUT2D eigenvalue weighted by atomic mass is 10.00. The predicted molar refractivity (Wildman–Crippen MR) is 99.5 cm³/mol. The first-order chi connectivity index (χ1) is 11.0. The maximum atomic E-state index is 13.0. The number of benzene rings is 2. The smallest absolute Gasteiger partial charge is 0.102 e. The van der Waals surface area contributed by atoms with Crippen molar-refractivity contribution in [1.29, 1.82) is 0 Å². The largest absolute Gasteiger partial charge is 0.242 e. The summed E-state index contributed by atoms with van der Waals surface area (Å²) in [5.74, 6) is 0. The van der Waals surface area contributed by atoms with Crippen molar-refractivity contribution in [3.8, 4) is 0 Å². The van der Waals surface area contributed by atoms with E-state index < -0.39 is 15.7 Å². The molecule has 2 unspecified atom stereocenters. The molecule has 0 heterocycles. The van der Waals surface area contributed by atoms with Gasteiger partial charge in [-0.05, 0) is 43.9 Å². The van der Waals surface area contributed by atoms with E-state index in [4.69, 9.17) is 0 Å². The van der Waals surface area contributed by atoms with E-state index in [0.717, 1.165) is 12.0 Å². The second kappa shape index (κ2) is 7.71. The highest BCUT2D eigenvalue weighted by Gasteiger charge is 2.30. The zero-order valence-electron chi connectivity index (χ0n) is 14.1. The van der Waals surface area contributed by atoms with Crippen LogP contribution in [0.4, 0.5) is 0 Å². The molecule has 1 N–H and O–H groups in total. The molecule has 0 amide bonds. The van der Waals surface area contributed by atoms with Gasteiger partial charge in [0.25, 0.3) is 0 Å². The normalized spacial score (nSPS) is 14.2. The van der Waals surface area contributed by atoms with Crippen LogP contribution in [0.25, 0.3) is 0 Å². The molecule has 2 aromatic rings. The van der Waals surface area contributed by atoms with Crippen molar-refractivity contribution in [3.05, 3.63) is 83.9 Å². The zero-order valence-corrected chi connectivity index (χ0v) is 14.9. The number of rotatable bonds is 7. The molecule has 0 aliphatic rings. The molecule has 23 heavy (non-hydrogen) atoms. The van der Waals surface area contributed by atoms with Crippen LogP contribution < -0.4 is 4.72 Å². The Hall–Kier alpha value is -1.71. The van der Waals surface area contributed by atoms with E-state index >= 15 is 0 Å². The minimum Gasteiger partial charge on any atom is -0.242 e. The number of nitrogens with one attached hydrogen (secondary N) is 1. The average molecular weight is 327 g/mol. The Morgan fingerprint density at radius 3 is 2.35 bits per heavy atom. The van der Waals surface area contributed by atoms with Crippen LogP contribution in [0, 0.1) is 6.92 Å². The molecule has 122 valence electrons. The molecule has 0 saturated heterocycles. The Bertz CT molecular complexity index is 679. The van der Waals surface area contributed by atoms with Crippen molar-refractivity contribution in [2.24, 2.45) is 0 Å². The molecule has 0 aliphatic heterocycles. The summed E-state index contributed by atoms with van der Waals surface area (Å²) in [6.45, 7) is 9.94. The number of hydrogen-bond acceptors (Lipinski definition) is 1. The Morgan fingerprint density at radius 1 is 1.13 bits per heavy atom. The Morgan fingerprint density at radius 2 is 1.74 bits per heavy atom. The minimum atomic E-state index is -1.22. The molecular formula is C20H25NOS. The maximum Gasteiger partial charge on any atom is 0.102 e. The predicted octanol–water partition coefficient (Wildman–Crippen LogP) is 4.80. The quantitative estimate of drug-likeness (QED) is 0.727. The van der Waals surface area contributed by atoms with Gasteiger partial charge >= 0.3 is 0 Å². The summed E-state index contributed by atoms with van der Waals surface area (Å²) in [7, 11) is -1.22. The van der Waals surface area contributed by atoms with Crippen LogP contribution in [0.2, 0.25) is 0 Å². The third-order valence-electron chi connectivity index (χ3n) is 4.15. The average Bonchev–Trinajstić information content (AvgIpc) is 2.55. The number of hydrogen-bond donors (Lipinski definition) is 1. The fourth-order valence-corrected chi connectivity index (χ4v) is 3.73. The lowest BCUT2D eigenvalue weighted by Crippen LogP contribution is -2.36. The van der Waals surface area contributed by atoms with Crippen molar-refractivity contribution in [1.82, 2.24) is 4.72 Å². The molecule has 0 aliphatic carbocycles. The van der Waals surface area contributed by atoms with Gasteiger partial charge in [0.05, 0.1) is 4.75 Å². The Labute approximate surface area is 142 Å². The summed E-state index contributed by atoms with van der Waals surface area (Å²) < 4.78 is 15.8. The van der Waals surface area contributed by atoms with Gasteiger partial charge in [-0.3, -0.25) is 0 Å². The number of aryl methyl sites for hydroxylation is 1. The van der Waals surface area contributed by atoms with Gasteiger partial charge in [0.1, 0.15) is 11.0 Å². The van der Waals surface area contributed by atoms with Crippen molar-refractivity contribution in [2.45, 2.75) is 38.0 Å². The van der Waals surface area contributed by atoms with Gasteiger partial charge in [0, 0.05) is 6.04 Å². The van der Waals surface area contributed by atoms with E-state index in [1.165, 1.54) is 11.1 Å². The zero-order chi connectivity index (χ0) is 16.9. The summed E-state index contributed by atoms with van der Waals surface area (Å²) in [5.41, 5.74) is 3.43. The van der Waals surface area contributed by atoms with Gasteiger partial charge < -0.3 is 0 Å². The summed E-state index contributed by atoms with van der Waals surface area (Å²) in [6.07, 6.45) is 2.61. The summed E-state index contributed by atoms with van der Waals surface area (Å²) >= 11 is 0. The summed E-state index contributed by atoms with van der Waals surface area (Å²) in [6, 6.07) is 18.2. The van der Waals surface area contributed by atoms with Crippen LogP contribution in [0.1, 0.15) is 43.0 Å². The Kier molecular flexibility index (Phi) is 5.91. The molecule has 0 bridgehead atoms. The molecule has 0 radical (unpaired) electrons. The van der Waals surface area contributed by atoms with Crippen molar-refractivity contribution < 1.29 is 4.21 Å². The molecule has 3 heteroatoms. The first-order valence-electron chi connectivity index (χ1n) is 7.87. The van der Waals surface area contributed by atoms with Gasteiger partial charge in [0.2, 0.25) is 0 Å². The second-order valence-corrected chi connectivity index (χ2v) is 7.99. The SMILES string of the molecule is C=CCC(NS(=O)C(C)(C)c1ccccc1)c1ccccc1C. The van der Waals surface area contributed by atoms with Crippen LogP contribution >= 0.6 is 0 Å². The maximum absolute atomic E-state index is 13.0. The van der Waals surface area contributed by atoms with E-state index in [1.54, 1.807) is 0 Å². The van der Waals surface area contributed by atoms with Gasteiger partial charge in [-0.1, -0.05) is 60.7 Å². The summed E-state index contributed by atoms with van der Waals surface area (Å²) in [5, 5.41) is 0. The third-order valence-corrected chi connectivity index (χ3v) is 5.81. The summed E-state index contributed by atoms with van der Waals surface area (Å²) in [4.78, 5) is 0. The molecular weight excluding hydrogens is 302 g/mol. The van der Waals surface area contributed by atoms with Gasteiger partial charge in [-0.15, -0.1) is 6.58 Å². The first-order valence-corrected chi connectivity index (χ1v) is 9.01. The molecule has 2 atom stereocenters. The second-order valence-electron chi connectivity index (χ2n) is 6.20. The Balaban J connectivity index is 2.25. The van der Waals surface area contributed by atoms with Gasteiger partial charge in [-0.2, -0.15) is 0 Å². The highest BCUT2D eigenvalue weighted by Crippen LogP contribution is 2.29. The monoisotopic (exact) mass is 327 g/mol. The highest BCUT2D eigenvalue weighted by molar-refractivity contribution is 7.84. The molecule has 2 rings (SSSR count). The van der Waals surface area contributed by atoms with Crippen molar-refractivity contribution >= 4 is 11.0 Å². The van der Waals surface area contributed by atoms with Crippen molar-refractivity contribution in [3.63, 3.8) is 0 Å². The molecule has 2 nitrogen and oxygen atoms in total. The fraction of sp³-hybridized carbons (Fsp3) is 0.300. The van der Waals surface area contributed by atoms with Crippen LogP contribution in [0.15, 0.2) is 67.3 Å². The van der Waals surface area contributed by atoms with Gasteiger partial charge in [0.15, 0.2) is 0 Å². The first kappa shape index (κ1) is 17.6. The third kappa shape index (κ3) is 4.18. The molecule has 2 aromatic carbocycles. The topological polar surface area (TPSA) is 29.1 Å². The molecule has 0 aromatic heterocycles. The van der Waals surface area contributed by atoms with Crippen molar-refractivity contribution in [2.75, 3.05) is 0 Å². The lowest BCUT2D eigenvalue weighted by molar-refractivity contribution is 0.595. The highest BCUT2D eigenvalue weighted by atomic mass is 32.2. The molecule has 0 fully saturated rings. The lowest BCUT2D eigenvalue weighted by Gasteiger charge is -2.28. The van der Waals surface area contributed by atoms with E-state index in [9.17, 15) is 4.21 Å². The van der Waals surface area contributed by atoms with Crippen LogP contribution in [-0.2, 0) is 15.7 Å². The van der Waals surface area contributed by atoms with Crippen LogP contribution in [0.3, 0.4) is 0 Å². The van der Waals surface area contributed by atoms with Crippen LogP contribution in [-0.4, -0.2) is 4.21 Å². The fourth-order valence-electron chi connectivity index (χ4n) is 2.61. The van der Waals surface area contributed by atoms with E-state index in [0.29, 0.717) is 0 Å². The minimum absolute atomic E-state index is 0.00230.